The highest BCUT2D eigenvalue weighted by atomic mass is 79.9. The van der Waals surface area contributed by atoms with Crippen molar-refractivity contribution in [2.75, 3.05) is 18.5 Å². The molecule has 0 aliphatic heterocycles. The normalized spacial score (nSPS) is 10.1. The number of benzene rings is 1. The summed E-state index contributed by atoms with van der Waals surface area (Å²) in [5.41, 5.74) is 0.500. The van der Waals surface area contributed by atoms with Crippen molar-refractivity contribution in [2.24, 2.45) is 0 Å². The fourth-order valence-electron chi connectivity index (χ4n) is 1.53. The molecule has 0 saturated carbocycles. The molecule has 0 heterocycles. The summed E-state index contributed by atoms with van der Waals surface area (Å²) in [4.78, 5) is 11.7. The van der Waals surface area contributed by atoms with Crippen LogP contribution in [0, 0.1) is 0 Å². The Labute approximate surface area is 117 Å². The van der Waals surface area contributed by atoms with Crippen molar-refractivity contribution in [1.29, 1.82) is 0 Å². The van der Waals surface area contributed by atoms with E-state index in [1.165, 1.54) is 0 Å². The van der Waals surface area contributed by atoms with E-state index < -0.39 is 0 Å². The second-order valence-electron chi connectivity index (χ2n) is 3.81. The lowest BCUT2D eigenvalue weighted by molar-refractivity contribution is 0.0521. The number of halogens is 1. The van der Waals surface area contributed by atoms with Crippen LogP contribution in [0.25, 0.3) is 0 Å². The van der Waals surface area contributed by atoms with E-state index in [0.717, 1.165) is 24.6 Å². The molecule has 0 amide bonds. The molecule has 3 nitrogen and oxygen atoms in total. The molecule has 0 aliphatic carbocycles. The molecule has 0 bridgehead atoms. The van der Waals surface area contributed by atoms with Crippen LogP contribution >= 0.6 is 15.9 Å². The summed E-state index contributed by atoms with van der Waals surface area (Å²) in [6.07, 6.45) is 3.25. The van der Waals surface area contributed by atoms with Gasteiger partial charge < -0.3 is 9.47 Å². The van der Waals surface area contributed by atoms with Gasteiger partial charge in [-0.2, -0.15) is 0 Å². The molecule has 0 spiro atoms. The molecular weight excluding hydrogens is 296 g/mol. The van der Waals surface area contributed by atoms with Gasteiger partial charge in [-0.3, -0.25) is 0 Å². The van der Waals surface area contributed by atoms with E-state index in [9.17, 15) is 4.79 Å². The first-order chi connectivity index (χ1) is 8.79. The van der Waals surface area contributed by atoms with E-state index in [0.29, 0.717) is 24.5 Å². The molecule has 18 heavy (non-hydrogen) atoms. The van der Waals surface area contributed by atoms with Gasteiger partial charge in [0.15, 0.2) is 0 Å². The van der Waals surface area contributed by atoms with Crippen LogP contribution in [0.5, 0.6) is 5.75 Å². The fraction of sp³-hybridized carbons (Fsp3) is 0.500. The van der Waals surface area contributed by atoms with Crippen LogP contribution in [-0.2, 0) is 4.74 Å². The van der Waals surface area contributed by atoms with Crippen LogP contribution in [-0.4, -0.2) is 24.5 Å². The number of hydrogen-bond donors (Lipinski definition) is 0. The van der Waals surface area contributed by atoms with E-state index in [2.05, 4.69) is 15.9 Å². The summed E-state index contributed by atoms with van der Waals surface area (Å²) in [6.45, 7) is 2.80. The Morgan fingerprint density at radius 2 is 2.00 bits per heavy atom. The SMILES string of the molecule is CCOC(=O)c1ccccc1OCCCCCBr. The number of alkyl halides is 1. The predicted molar refractivity (Wildman–Crippen MR) is 75.5 cm³/mol. The molecule has 0 aromatic heterocycles. The Morgan fingerprint density at radius 3 is 2.72 bits per heavy atom. The van der Waals surface area contributed by atoms with Crippen molar-refractivity contribution in [3.05, 3.63) is 29.8 Å². The standard InChI is InChI=1S/C14H19BrO3/c1-2-17-14(16)12-8-4-5-9-13(12)18-11-7-3-6-10-15/h4-5,8-9H,2-3,6-7,10-11H2,1H3. The molecule has 0 N–H and O–H groups in total. The Kier molecular flexibility index (Phi) is 7.49. The summed E-state index contributed by atoms with van der Waals surface area (Å²) in [7, 11) is 0. The zero-order valence-corrected chi connectivity index (χ0v) is 12.2. The molecule has 0 saturated heterocycles. The summed E-state index contributed by atoms with van der Waals surface area (Å²) < 4.78 is 10.6. The fourth-order valence-corrected chi connectivity index (χ4v) is 1.92. The smallest absolute Gasteiger partial charge is 0.341 e. The predicted octanol–water partition coefficient (Wildman–Crippen LogP) is 3.81. The average Bonchev–Trinajstić information content (AvgIpc) is 2.39. The maximum Gasteiger partial charge on any atom is 0.341 e. The Hall–Kier alpha value is -1.03. The van der Waals surface area contributed by atoms with Gasteiger partial charge in [-0.05, 0) is 38.3 Å². The maximum atomic E-state index is 11.7. The minimum atomic E-state index is -0.325. The first kappa shape index (κ1) is 15.0. The minimum Gasteiger partial charge on any atom is -0.493 e. The number of carbonyl (C=O) groups is 1. The molecule has 0 aliphatic rings. The van der Waals surface area contributed by atoms with Crippen LogP contribution in [0.2, 0.25) is 0 Å². The van der Waals surface area contributed by atoms with Gasteiger partial charge in [0.2, 0.25) is 0 Å². The van der Waals surface area contributed by atoms with Crippen molar-refractivity contribution >= 4 is 21.9 Å². The second kappa shape index (κ2) is 8.97. The van der Waals surface area contributed by atoms with Crippen LogP contribution in [0.1, 0.15) is 36.5 Å². The highest BCUT2D eigenvalue weighted by Gasteiger charge is 2.12. The maximum absolute atomic E-state index is 11.7. The first-order valence-corrected chi connectivity index (χ1v) is 7.36. The topological polar surface area (TPSA) is 35.5 Å². The number of para-hydroxylation sites is 1. The zero-order chi connectivity index (χ0) is 13.2. The van der Waals surface area contributed by atoms with Crippen LogP contribution in [0.3, 0.4) is 0 Å². The molecule has 0 atom stereocenters. The number of esters is 1. The van der Waals surface area contributed by atoms with Crippen molar-refractivity contribution in [2.45, 2.75) is 26.2 Å². The Morgan fingerprint density at radius 1 is 1.22 bits per heavy atom. The molecule has 4 heteroatoms. The Bertz CT molecular complexity index is 366. The average molecular weight is 315 g/mol. The van der Waals surface area contributed by atoms with Gasteiger partial charge in [-0.25, -0.2) is 4.79 Å². The molecule has 1 rings (SSSR count). The number of unbranched alkanes of at least 4 members (excludes halogenated alkanes) is 2. The van der Waals surface area contributed by atoms with Gasteiger partial charge in [0.05, 0.1) is 13.2 Å². The van der Waals surface area contributed by atoms with E-state index in [-0.39, 0.29) is 5.97 Å². The zero-order valence-electron chi connectivity index (χ0n) is 10.7. The summed E-state index contributed by atoms with van der Waals surface area (Å²) in [5.74, 6) is 0.281. The van der Waals surface area contributed by atoms with Gasteiger partial charge >= 0.3 is 5.97 Å². The van der Waals surface area contributed by atoms with Gasteiger partial charge in [-0.15, -0.1) is 0 Å². The highest BCUT2D eigenvalue weighted by Crippen LogP contribution is 2.19. The van der Waals surface area contributed by atoms with Crippen molar-refractivity contribution in [3.63, 3.8) is 0 Å². The number of hydrogen-bond acceptors (Lipinski definition) is 3. The third kappa shape index (κ3) is 5.08. The summed E-state index contributed by atoms with van der Waals surface area (Å²) in [6, 6.07) is 7.20. The number of ether oxygens (including phenoxy) is 2. The van der Waals surface area contributed by atoms with Gasteiger partial charge in [0, 0.05) is 5.33 Å². The Balaban J connectivity index is 2.51. The highest BCUT2D eigenvalue weighted by molar-refractivity contribution is 9.09. The minimum absolute atomic E-state index is 0.325. The van der Waals surface area contributed by atoms with Gasteiger partial charge in [0.1, 0.15) is 11.3 Å². The molecule has 0 unspecified atom stereocenters. The quantitative estimate of drug-likeness (QED) is 0.416. The van der Waals surface area contributed by atoms with Crippen molar-refractivity contribution in [1.82, 2.24) is 0 Å². The van der Waals surface area contributed by atoms with Crippen LogP contribution in [0.15, 0.2) is 24.3 Å². The largest absolute Gasteiger partial charge is 0.493 e. The van der Waals surface area contributed by atoms with Crippen molar-refractivity contribution < 1.29 is 14.3 Å². The van der Waals surface area contributed by atoms with Gasteiger partial charge in [-0.1, -0.05) is 28.1 Å². The molecule has 100 valence electrons. The van der Waals surface area contributed by atoms with Crippen molar-refractivity contribution in [3.8, 4) is 5.75 Å². The molecule has 1 aromatic carbocycles. The van der Waals surface area contributed by atoms with Crippen LogP contribution < -0.4 is 4.74 Å². The van der Waals surface area contributed by atoms with E-state index in [1.54, 1.807) is 19.1 Å². The van der Waals surface area contributed by atoms with E-state index in [1.807, 2.05) is 12.1 Å². The first-order valence-electron chi connectivity index (χ1n) is 6.24. The van der Waals surface area contributed by atoms with E-state index >= 15 is 0 Å². The lowest BCUT2D eigenvalue weighted by Gasteiger charge is -2.10. The number of rotatable bonds is 8. The van der Waals surface area contributed by atoms with E-state index in [4.69, 9.17) is 9.47 Å². The molecule has 0 fully saturated rings. The lowest BCUT2D eigenvalue weighted by atomic mass is 10.2. The third-order valence-electron chi connectivity index (χ3n) is 2.42. The monoisotopic (exact) mass is 314 g/mol. The van der Waals surface area contributed by atoms with Gasteiger partial charge in [0.25, 0.3) is 0 Å². The summed E-state index contributed by atoms with van der Waals surface area (Å²) in [5, 5.41) is 1.02. The molecule has 1 aromatic rings. The summed E-state index contributed by atoms with van der Waals surface area (Å²) >= 11 is 3.39. The van der Waals surface area contributed by atoms with Crippen LogP contribution in [0.4, 0.5) is 0 Å². The molecular formula is C14H19BrO3. The lowest BCUT2D eigenvalue weighted by Crippen LogP contribution is -2.08. The number of carbonyl (C=O) groups excluding carboxylic acids is 1. The second-order valence-corrected chi connectivity index (χ2v) is 4.61. The molecule has 0 radical (unpaired) electrons. The third-order valence-corrected chi connectivity index (χ3v) is 2.98.